The molecule has 0 fully saturated rings. The Balaban J connectivity index is 1.83. The van der Waals surface area contributed by atoms with E-state index in [0.717, 1.165) is 22.1 Å². The number of anilines is 1. The van der Waals surface area contributed by atoms with Gasteiger partial charge >= 0.3 is 0 Å². The van der Waals surface area contributed by atoms with Gasteiger partial charge in [-0.1, -0.05) is 24.3 Å². The van der Waals surface area contributed by atoms with Crippen LogP contribution in [0.15, 0.2) is 42.5 Å². The zero-order valence-electron chi connectivity index (χ0n) is 14.7. The van der Waals surface area contributed by atoms with Crippen molar-refractivity contribution in [1.82, 2.24) is 15.3 Å². The summed E-state index contributed by atoms with van der Waals surface area (Å²) in [4.78, 5) is 20.1. The Morgan fingerprint density at radius 2 is 1.96 bits per heavy atom. The molecule has 1 aromatic heterocycles. The Hall–Kier alpha value is -2.74. The molecular weight excluding hydrogens is 366 g/mol. The number of amides is 1. The number of aromatic nitrogens is 2. The number of nitrogen functional groups attached to an aromatic ring is 1. The standard InChI is InChI=1S/C19H20ClN5O2/c1-10(26)16(21)18(27)23-9-11-3-2-4-12(7-11)13-5-6-14-15(8-13)24-19(20)25-17(14)22/h2-8,10,16,26H,9,21H2,1H3,(H,23,27)(H2,22,24,25)/t10-,16+/m1/s1. The normalized spacial score (nSPS) is 13.3. The second-order valence-electron chi connectivity index (χ2n) is 6.29. The highest BCUT2D eigenvalue weighted by atomic mass is 35.5. The molecule has 0 aliphatic rings. The Labute approximate surface area is 161 Å². The van der Waals surface area contributed by atoms with Crippen molar-refractivity contribution >= 4 is 34.2 Å². The van der Waals surface area contributed by atoms with Crippen molar-refractivity contribution in [3.05, 3.63) is 53.3 Å². The fourth-order valence-electron chi connectivity index (χ4n) is 2.69. The van der Waals surface area contributed by atoms with E-state index < -0.39 is 18.1 Å². The average Bonchev–Trinajstić information content (AvgIpc) is 2.65. The smallest absolute Gasteiger partial charge is 0.239 e. The van der Waals surface area contributed by atoms with Crippen LogP contribution in [0.25, 0.3) is 22.0 Å². The van der Waals surface area contributed by atoms with Crippen LogP contribution in [0.1, 0.15) is 12.5 Å². The summed E-state index contributed by atoms with van der Waals surface area (Å²) >= 11 is 5.90. The van der Waals surface area contributed by atoms with E-state index in [1.165, 1.54) is 6.92 Å². The first-order valence-corrected chi connectivity index (χ1v) is 8.76. The summed E-state index contributed by atoms with van der Waals surface area (Å²) in [5.41, 5.74) is 15.0. The minimum absolute atomic E-state index is 0.100. The third kappa shape index (κ3) is 4.33. The van der Waals surface area contributed by atoms with Gasteiger partial charge in [-0.15, -0.1) is 0 Å². The molecule has 0 saturated heterocycles. The number of carbonyl (C=O) groups excluding carboxylic acids is 1. The number of fused-ring (bicyclic) bond motifs is 1. The molecule has 0 unspecified atom stereocenters. The third-order valence-corrected chi connectivity index (χ3v) is 4.42. The number of nitrogens with two attached hydrogens (primary N) is 2. The van der Waals surface area contributed by atoms with E-state index in [9.17, 15) is 9.90 Å². The van der Waals surface area contributed by atoms with E-state index in [2.05, 4.69) is 15.3 Å². The molecule has 0 radical (unpaired) electrons. The summed E-state index contributed by atoms with van der Waals surface area (Å²) in [6, 6.07) is 12.4. The third-order valence-electron chi connectivity index (χ3n) is 4.25. The second-order valence-corrected chi connectivity index (χ2v) is 6.63. The summed E-state index contributed by atoms with van der Waals surface area (Å²) in [7, 11) is 0. The van der Waals surface area contributed by atoms with Crippen LogP contribution in [0.5, 0.6) is 0 Å². The lowest BCUT2D eigenvalue weighted by Crippen LogP contribution is -2.46. The predicted octanol–water partition coefficient (Wildman–Crippen LogP) is 1.86. The zero-order valence-corrected chi connectivity index (χ0v) is 15.4. The van der Waals surface area contributed by atoms with Crippen LogP contribution >= 0.6 is 11.6 Å². The highest BCUT2D eigenvalue weighted by molar-refractivity contribution is 6.28. The van der Waals surface area contributed by atoms with E-state index in [1.54, 1.807) is 0 Å². The van der Waals surface area contributed by atoms with E-state index in [4.69, 9.17) is 23.1 Å². The molecule has 140 valence electrons. The molecule has 8 heteroatoms. The molecule has 1 amide bonds. The van der Waals surface area contributed by atoms with Crippen molar-refractivity contribution in [1.29, 1.82) is 0 Å². The molecule has 7 nitrogen and oxygen atoms in total. The number of halogens is 1. The Morgan fingerprint density at radius 1 is 1.22 bits per heavy atom. The molecule has 3 aromatic rings. The molecule has 27 heavy (non-hydrogen) atoms. The Kier molecular flexibility index (Phi) is 5.55. The number of benzene rings is 2. The number of rotatable bonds is 5. The first kappa shape index (κ1) is 19.0. The lowest BCUT2D eigenvalue weighted by molar-refractivity contribution is -0.124. The van der Waals surface area contributed by atoms with Crippen LogP contribution in [0, 0.1) is 0 Å². The minimum Gasteiger partial charge on any atom is -0.391 e. The molecule has 3 rings (SSSR count). The number of nitrogens with one attached hydrogen (secondary N) is 1. The van der Waals surface area contributed by atoms with Gasteiger partial charge in [0.05, 0.1) is 11.6 Å². The van der Waals surface area contributed by atoms with Crippen LogP contribution in [0.3, 0.4) is 0 Å². The fraction of sp³-hybridized carbons (Fsp3) is 0.211. The van der Waals surface area contributed by atoms with E-state index in [-0.39, 0.29) is 5.28 Å². The monoisotopic (exact) mass is 385 g/mol. The van der Waals surface area contributed by atoms with Crippen molar-refractivity contribution in [3.63, 3.8) is 0 Å². The summed E-state index contributed by atoms with van der Waals surface area (Å²) in [5, 5.41) is 13.0. The molecule has 6 N–H and O–H groups in total. The molecule has 0 spiro atoms. The second kappa shape index (κ2) is 7.87. The molecular formula is C19H20ClN5O2. The maximum Gasteiger partial charge on any atom is 0.239 e. The fourth-order valence-corrected chi connectivity index (χ4v) is 2.87. The number of carbonyl (C=O) groups is 1. The van der Waals surface area contributed by atoms with Gasteiger partial charge in [-0.2, -0.15) is 0 Å². The minimum atomic E-state index is -0.955. The van der Waals surface area contributed by atoms with Crippen LogP contribution in [-0.2, 0) is 11.3 Å². The van der Waals surface area contributed by atoms with Crippen molar-refractivity contribution in [3.8, 4) is 11.1 Å². The van der Waals surface area contributed by atoms with Gasteiger partial charge in [0.15, 0.2) is 0 Å². The summed E-state index contributed by atoms with van der Waals surface area (Å²) < 4.78 is 0. The maximum atomic E-state index is 11.9. The largest absolute Gasteiger partial charge is 0.391 e. The number of aliphatic hydroxyl groups is 1. The van der Waals surface area contributed by atoms with Crippen LogP contribution in [0.4, 0.5) is 5.82 Å². The molecule has 2 atom stereocenters. The van der Waals surface area contributed by atoms with Crippen molar-refractivity contribution in [2.75, 3.05) is 5.73 Å². The quantitative estimate of drug-likeness (QED) is 0.496. The first-order chi connectivity index (χ1) is 12.8. The lowest BCUT2D eigenvalue weighted by atomic mass is 10.0. The Bertz CT molecular complexity index is 993. The molecule has 2 aromatic carbocycles. The van der Waals surface area contributed by atoms with Crippen molar-refractivity contribution in [2.24, 2.45) is 5.73 Å². The molecule has 0 bridgehead atoms. The SMILES string of the molecule is C[C@@H](O)[C@H](N)C(=O)NCc1cccc(-c2ccc3c(N)nc(Cl)nc3c2)c1. The highest BCUT2D eigenvalue weighted by Gasteiger charge is 2.18. The maximum absolute atomic E-state index is 11.9. The summed E-state index contributed by atoms with van der Waals surface area (Å²) in [5.74, 6) is -0.0645. The van der Waals surface area contributed by atoms with Crippen molar-refractivity contribution < 1.29 is 9.90 Å². The van der Waals surface area contributed by atoms with Gasteiger partial charge in [0.25, 0.3) is 0 Å². The number of nitrogens with zero attached hydrogens (tertiary/aromatic N) is 2. The highest BCUT2D eigenvalue weighted by Crippen LogP contribution is 2.27. The first-order valence-electron chi connectivity index (χ1n) is 8.38. The molecule has 0 saturated carbocycles. The van der Waals surface area contributed by atoms with Gasteiger partial charge in [0.1, 0.15) is 11.9 Å². The summed E-state index contributed by atoms with van der Waals surface area (Å²) in [6.07, 6.45) is -0.907. The van der Waals surface area contributed by atoms with E-state index in [1.807, 2.05) is 42.5 Å². The van der Waals surface area contributed by atoms with E-state index in [0.29, 0.717) is 17.9 Å². The molecule has 1 heterocycles. The topological polar surface area (TPSA) is 127 Å². The Morgan fingerprint density at radius 3 is 2.70 bits per heavy atom. The number of hydrogen-bond acceptors (Lipinski definition) is 6. The lowest BCUT2D eigenvalue weighted by Gasteiger charge is -2.15. The predicted molar refractivity (Wildman–Crippen MR) is 106 cm³/mol. The van der Waals surface area contributed by atoms with Gasteiger partial charge in [0.2, 0.25) is 11.2 Å². The van der Waals surface area contributed by atoms with Gasteiger partial charge in [-0.3, -0.25) is 4.79 Å². The average molecular weight is 386 g/mol. The molecule has 0 aliphatic carbocycles. The van der Waals surface area contributed by atoms with Crippen LogP contribution in [-0.4, -0.2) is 33.1 Å². The van der Waals surface area contributed by atoms with E-state index >= 15 is 0 Å². The van der Waals surface area contributed by atoms with Crippen LogP contribution in [0.2, 0.25) is 5.28 Å². The van der Waals surface area contributed by atoms with Crippen molar-refractivity contribution in [2.45, 2.75) is 25.6 Å². The zero-order chi connectivity index (χ0) is 19.6. The number of aliphatic hydroxyl groups excluding tert-OH is 1. The van der Waals surface area contributed by atoms with Gasteiger partial charge in [0, 0.05) is 11.9 Å². The summed E-state index contributed by atoms with van der Waals surface area (Å²) in [6.45, 7) is 1.79. The number of hydrogen-bond donors (Lipinski definition) is 4. The van der Waals surface area contributed by atoms with Gasteiger partial charge in [-0.05, 0) is 53.4 Å². The molecule has 0 aliphatic heterocycles. The van der Waals surface area contributed by atoms with Crippen LogP contribution < -0.4 is 16.8 Å². The van der Waals surface area contributed by atoms with Gasteiger partial charge in [-0.25, -0.2) is 9.97 Å². The van der Waals surface area contributed by atoms with Gasteiger partial charge < -0.3 is 21.9 Å².